The lowest BCUT2D eigenvalue weighted by Gasteiger charge is -2.66. The summed E-state index contributed by atoms with van der Waals surface area (Å²) in [5.41, 5.74) is -1.77. The van der Waals surface area contributed by atoms with E-state index in [-0.39, 0.29) is 29.1 Å². The number of esters is 1. The number of rotatable bonds is 7. The molecule has 0 spiro atoms. The standard InChI is InChI=1S/C36H56O14/c1-17-29(50-31-27(41)26(40)25(39)23(15-37)49-31)30(45-4)28(42)32(47-17)48-19-5-9-33(2)21-6-10-34(3)20(18-13-24(38)46-16-18)8-12-36(34,44)22(21)7-11-35(33,43)14-19/h13,17,19-23,25-32,37,39-44H,5-12,14-16H2,1-4H3. The molecule has 50 heavy (non-hydrogen) atoms. The number of methoxy groups -OCH3 is 1. The highest BCUT2D eigenvalue weighted by atomic mass is 16.7. The van der Waals surface area contributed by atoms with Crippen LogP contribution >= 0.6 is 0 Å². The quantitative estimate of drug-likeness (QED) is 0.137. The van der Waals surface area contributed by atoms with Gasteiger partial charge in [0.05, 0.1) is 30.0 Å². The largest absolute Gasteiger partial charge is 0.458 e. The Morgan fingerprint density at radius 1 is 0.820 bits per heavy atom. The molecule has 6 fully saturated rings. The summed E-state index contributed by atoms with van der Waals surface area (Å²) in [7, 11) is 1.40. The first kappa shape index (κ1) is 37.1. The van der Waals surface area contributed by atoms with Gasteiger partial charge in [-0.3, -0.25) is 0 Å². The molecule has 0 aromatic heterocycles. The molecule has 3 heterocycles. The number of carbonyl (C=O) groups is 1. The summed E-state index contributed by atoms with van der Waals surface area (Å²) in [6.07, 6.45) is -5.32. The van der Waals surface area contributed by atoms with E-state index in [1.54, 1.807) is 13.0 Å². The highest BCUT2D eigenvalue weighted by Crippen LogP contribution is 2.70. The van der Waals surface area contributed by atoms with Gasteiger partial charge in [0.15, 0.2) is 12.6 Å². The van der Waals surface area contributed by atoms with Crippen LogP contribution in [0.25, 0.3) is 0 Å². The third-order valence-electron chi connectivity index (χ3n) is 14.6. The average molecular weight is 713 g/mol. The summed E-state index contributed by atoms with van der Waals surface area (Å²) in [4.78, 5) is 11.9. The van der Waals surface area contributed by atoms with Crippen LogP contribution in [0.2, 0.25) is 0 Å². The van der Waals surface area contributed by atoms with Gasteiger partial charge in [-0.15, -0.1) is 0 Å². The molecule has 18 atom stereocenters. The Kier molecular flexibility index (Phi) is 9.81. The molecule has 284 valence electrons. The van der Waals surface area contributed by atoms with Crippen LogP contribution in [-0.4, -0.2) is 141 Å². The third kappa shape index (κ3) is 5.55. The minimum atomic E-state index is -1.63. The zero-order valence-corrected chi connectivity index (χ0v) is 29.4. The van der Waals surface area contributed by atoms with Crippen molar-refractivity contribution in [1.29, 1.82) is 0 Å². The monoisotopic (exact) mass is 712 g/mol. The van der Waals surface area contributed by atoms with Crippen molar-refractivity contribution in [3.8, 4) is 0 Å². The van der Waals surface area contributed by atoms with E-state index in [1.165, 1.54) is 7.11 Å². The van der Waals surface area contributed by atoms with E-state index in [1.807, 2.05) is 0 Å². The molecule has 18 unspecified atom stereocenters. The summed E-state index contributed by atoms with van der Waals surface area (Å²) < 4.78 is 34.9. The van der Waals surface area contributed by atoms with Gasteiger partial charge in [-0.2, -0.15) is 0 Å². The zero-order chi connectivity index (χ0) is 36.0. The maximum atomic E-state index is 12.5. The summed E-state index contributed by atoms with van der Waals surface area (Å²) in [6, 6.07) is 0. The second kappa shape index (κ2) is 13.2. The van der Waals surface area contributed by atoms with Gasteiger partial charge < -0.3 is 64.2 Å². The van der Waals surface area contributed by atoms with Crippen molar-refractivity contribution in [3.05, 3.63) is 11.6 Å². The Hall–Kier alpha value is -1.27. The van der Waals surface area contributed by atoms with Crippen molar-refractivity contribution in [2.75, 3.05) is 20.3 Å². The summed E-state index contributed by atoms with van der Waals surface area (Å²) in [6.45, 7) is 5.73. The highest BCUT2D eigenvalue weighted by Gasteiger charge is 2.70. The van der Waals surface area contributed by atoms with Gasteiger partial charge in [0.25, 0.3) is 0 Å². The van der Waals surface area contributed by atoms with Crippen LogP contribution in [0.3, 0.4) is 0 Å². The minimum absolute atomic E-state index is 0.0278. The van der Waals surface area contributed by atoms with Crippen molar-refractivity contribution in [2.24, 2.45) is 28.6 Å². The van der Waals surface area contributed by atoms with Gasteiger partial charge in [0.1, 0.15) is 49.3 Å². The van der Waals surface area contributed by atoms with E-state index in [0.717, 1.165) is 24.8 Å². The molecule has 4 aliphatic carbocycles. The van der Waals surface area contributed by atoms with Gasteiger partial charge >= 0.3 is 5.97 Å². The van der Waals surface area contributed by atoms with Gasteiger partial charge in [-0.05, 0) is 87.0 Å². The highest BCUT2D eigenvalue weighted by molar-refractivity contribution is 5.85. The molecule has 7 aliphatic rings. The zero-order valence-electron chi connectivity index (χ0n) is 29.4. The SMILES string of the molecule is COC1C(O)C(OC2CCC3(C)C4CCC5(C)C(C6=CC(=O)OC6)CCC5(O)C4CCC3(O)C2)OC(C)C1OC1OC(CO)C(O)C(O)C1O. The van der Waals surface area contributed by atoms with E-state index in [2.05, 4.69) is 13.8 Å². The van der Waals surface area contributed by atoms with Crippen LogP contribution in [0.5, 0.6) is 0 Å². The van der Waals surface area contributed by atoms with Crippen LogP contribution in [0.1, 0.15) is 78.6 Å². The Balaban J connectivity index is 1.01. The molecule has 0 aromatic rings. The lowest BCUT2D eigenvalue weighted by atomic mass is 9.42. The second-order valence-corrected chi connectivity index (χ2v) is 16.7. The van der Waals surface area contributed by atoms with Crippen molar-refractivity contribution in [2.45, 2.75) is 157 Å². The van der Waals surface area contributed by atoms with Crippen molar-refractivity contribution >= 4 is 5.97 Å². The molecule has 7 rings (SSSR count). The predicted octanol–water partition coefficient (Wildman–Crippen LogP) is 0.0493. The summed E-state index contributed by atoms with van der Waals surface area (Å²) >= 11 is 0. The van der Waals surface area contributed by atoms with Gasteiger partial charge in [0, 0.05) is 25.0 Å². The molecule has 3 aliphatic heterocycles. The molecule has 0 aromatic carbocycles. The van der Waals surface area contributed by atoms with E-state index >= 15 is 0 Å². The molecule has 2 saturated heterocycles. The van der Waals surface area contributed by atoms with Gasteiger partial charge in [-0.1, -0.05) is 13.8 Å². The van der Waals surface area contributed by atoms with Crippen LogP contribution in [0.4, 0.5) is 0 Å². The Bertz CT molecular complexity index is 1310. The number of aliphatic hydroxyl groups is 7. The molecule has 7 N–H and O–H groups in total. The van der Waals surface area contributed by atoms with E-state index in [9.17, 15) is 40.5 Å². The van der Waals surface area contributed by atoms with Crippen molar-refractivity contribution in [3.63, 3.8) is 0 Å². The fourth-order valence-corrected chi connectivity index (χ4v) is 11.6. The summed E-state index contributed by atoms with van der Waals surface area (Å²) in [5.74, 6) is -0.0640. The Morgan fingerprint density at radius 2 is 1.52 bits per heavy atom. The maximum Gasteiger partial charge on any atom is 0.331 e. The number of ether oxygens (including phenoxy) is 6. The van der Waals surface area contributed by atoms with Crippen LogP contribution in [0.15, 0.2) is 11.6 Å². The van der Waals surface area contributed by atoms with Gasteiger partial charge in [-0.25, -0.2) is 4.79 Å². The number of hydrogen-bond donors (Lipinski definition) is 7. The first-order valence-electron chi connectivity index (χ1n) is 18.4. The fraction of sp³-hybridized carbons (Fsp3) is 0.917. The fourth-order valence-electron chi connectivity index (χ4n) is 11.6. The lowest BCUT2D eigenvalue weighted by Crippen LogP contribution is -2.68. The molecule has 14 heteroatoms. The number of hydrogen-bond acceptors (Lipinski definition) is 14. The number of carbonyl (C=O) groups excluding carboxylic acids is 1. The molecular formula is C36H56O14. The molecular weight excluding hydrogens is 656 g/mol. The molecule has 0 amide bonds. The smallest absolute Gasteiger partial charge is 0.331 e. The maximum absolute atomic E-state index is 12.5. The predicted molar refractivity (Wildman–Crippen MR) is 172 cm³/mol. The summed E-state index contributed by atoms with van der Waals surface area (Å²) in [5, 5.41) is 76.8. The number of cyclic esters (lactones) is 1. The van der Waals surface area contributed by atoms with Gasteiger partial charge in [0.2, 0.25) is 0 Å². The molecule has 4 saturated carbocycles. The lowest BCUT2D eigenvalue weighted by molar-refractivity contribution is -0.363. The van der Waals surface area contributed by atoms with E-state index in [4.69, 9.17) is 28.4 Å². The van der Waals surface area contributed by atoms with Crippen molar-refractivity contribution < 1.29 is 69.0 Å². The van der Waals surface area contributed by atoms with Crippen molar-refractivity contribution in [1.82, 2.24) is 0 Å². The average Bonchev–Trinajstić information content (AvgIpc) is 3.63. The number of aliphatic hydroxyl groups excluding tert-OH is 5. The topological polar surface area (TPSA) is 214 Å². The van der Waals surface area contributed by atoms with E-state index in [0.29, 0.717) is 45.1 Å². The normalized spacial score (nSPS) is 55.1. The third-order valence-corrected chi connectivity index (χ3v) is 14.6. The van der Waals surface area contributed by atoms with Crippen LogP contribution in [-0.2, 0) is 33.2 Å². The second-order valence-electron chi connectivity index (χ2n) is 16.7. The van der Waals surface area contributed by atoms with Crippen LogP contribution in [0, 0.1) is 28.6 Å². The first-order valence-corrected chi connectivity index (χ1v) is 18.4. The molecule has 14 nitrogen and oxygen atoms in total. The van der Waals surface area contributed by atoms with E-state index < -0.39 is 90.7 Å². The Morgan fingerprint density at radius 3 is 2.20 bits per heavy atom. The minimum Gasteiger partial charge on any atom is -0.458 e. The molecule has 0 bridgehead atoms. The number of fused-ring (bicyclic) bond motifs is 5. The molecule has 0 radical (unpaired) electrons. The first-order chi connectivity index (χ1) is 23.6. The Labute approximate surface area is 292 Å². The van der Waals surface area contributed by atoms with Crippen LogP contribution < -0.4 is 0 Å².